The fraction of sp³-hybridized carbons (Fsp3) is 0.235. The summed E-state index contributed by atoms with van der Waals surface area (Å²) in [4.78, 5) is 4.56. The first-order chi connectivity index (χ1) is 10.5. The quantitative estimate of drug-likeness (QED) is 0.469. The molecule has 0 atom stereocenters. The van der Waals surface area contributed by atoms with Crippen molar-refractivity contribution in [2.45, 2.75) is 20.3 Å². The van der Waals surface area contributed by atoms with E-state index < -0.39 is 0 Å². The van der Waals surface area contributed by atoms with Crippen molar-refractivity contribution in [1.29, 1.82) is 0 Å². The summed E-state index contributed by atoms with van der Waals surface area (Å²) in [5.41, 5.74) is 2.73. The summed E-state index contributed by atoms with van der Waals surface area (Å²) in [6.45, 7) is 4.70. The lowest BCUT2D eigenvalue weighted by molar-refractivity contribution is 0.315. The number of hydrogen-bond donors (Lipinski definition) is 0. The lowest BCUT2D eigenvalue weighted by Crippen LogP contribution is -1.99. The van der Waals surface area contributed by atoms with Crippen LogP contribution in [-0.4, -0.2) is 12.8 Å². The third kappa shape index (κ3) is 4.34. The van der Waals surface area contributed by atoms with Gasteiger partial charge in [0.15, 0.2) is 0 Å². The van der Waals surface area contributed by atoms with E-state index in [1.54, 1.807) is 6.21 Å². The van der Waals surface area contributed by atoms with E-state index in [1.807, 2.05) is 37.3 Å². The Bertz CT molecular complexity index is 701. The Morgan fingerprint density at radius 2 is 2.05 bits per heavy atom. The summed E-state index contributed by atoms with van der Waals surface area (Å²) in [6.07, 6.45) is 2.76. The molecule has 22 heavy (non-hydrogen) atoms. The lowest BCUT2D eigenvalue weighted by Gasteiger charge is -2.11. The second-order valence-electron chi connectivity index (χ2n) is 4.80. The highest BCUT2D eigenvalue weighted by atomic mass is 79.9. The average molecular weight is 446 g/mol. The maximum absolute atomic E-state index is 6.13. The fourth-order valence-corrected chi connectivity index (χ4v) is 3.45. The van der Waals surface area contributed by atoms with Crippen molar-refractivity contribution in [1.82, 2.24) is 0 Å². The minimum Gasteiger partial charge on any atom is -0.492 e. The highest BCUT2D eigenvalue weighted by molar-refractivity contribution is 9.11. The zero-order chi connectivity index (χ0) is 16.1. The number of ether oxygens (including phenoxy) is 1. The Kier molecular flexibility index (Phi) is 6.48. The molecule has 0 unspecified atom stereocenters. The highest BCUT2D eigenvalue weighted by Gasteiger charge is 2.09. The molecule has 2 rings (SSSR count). The summed E-state index contributed by atoms with van der Waals surface area (Å²) in [5.74, 6) is 0.800. The first-order valence-electron chi connectivity index (χ1n) is 6.94. The number of halogens is 3. The van der Waals surface area contributed by atoms with Crippen LogP contribution in [0.4, 0.5) is 5.69 Å². The molecule has 0 aromatic heterocycles. The van der Waals surface area contributed by atoms with Gasteiger partial charge >= 0.3 is 0 Å². The van der Waals surface area contributed by atoms with Crippen molar-refractivity contribution in [2.24, 2.45) is 4.99 Å². The van der Waals surface area contributed by atoms with Gasteiger partial charge in [0, 0.05) is 21.3 Å². The summed E-state index contributed by atoms with van der Waals surface area (Å²) in [6, 6.07) is 9.65. The highest BCUT2D eigenvalue weighted by Crippen LogP contribution is 2.33. The van der Waals surface area contributed by atoms with Crippen LogP contribution in [0.25, 0.3) is 0 Å². The summed E-state index contributed by atoms with van der Waals surface area (Å²) in [7, 11) is 0. The van der Waals surface area contributed by atoms with Gasteiger partial charge in [0.1, 0.15) is 5.75 Å². The molecule has 116 valence electrons. The summed E-state index contributed by atoms with van der Waals surface area (Å²) < 4.78 is 7.70. The van der Waals surface area contributed by atoms with Crippen LogP contribution in [-0.2, 0) is 0 Å². The molecule has 2 nitrogen and oxygen atoms in total. The van der Waals surface area contributed by atoms with Gasteiger partial charge in [-0.15, -0.1) is 0 Å². The number of aliphatic imine (C=N–C) groups is 1. The van der Waals surface area contributed by atoms with Gasteiger partial charge in [-0.25, -0.2) is 0 Å². The van der Waals surface area contributed by atoms with E-state index in [4.69, 9.17) is 16.3 Å². The predicted molar refractivity (Wildman–Crippen MR) is 101 cm³/mol. The molecule has 0 aliphatic carbocycles. The summed E-state index contributed by atoms with van der Waals surface area (Å²) in [5, 5.41) is 0.715. The third-order valence-electron chi connectivity index (χ3n) is 3.07. The lowest BCUT2D eigenvalue weighted by atomic mass is 10.2. The van der Waals surface area contributed by atoms with Gasteiger partial charge in [-0.05, 0) is 59.1 Å². The fourth-order valence-electron chi connectivity index (χ4n) is 1.91. The van der Waals surface area contributed by atoms with Crippen LogP contribution in [0.3, 0.4) is 0 Å². The van der Waals surface area contributed by atoms with E-state index in [1.165, 1.54) is 0 Å². The largest absolute Gasteiger partial charge is 0.492 e. The zero-order valence-corrected chi connectivity index (χ0v) is 16.3. The second kappa shape index (κ2) is 8.14. The van der Waals surface area contributed by atoms with Crippen LogP contribution in [0.15, 0.2) is 44.3 Å². The Morgan fingerprint density at radius 3 is 2.77 bits per heavy atom. The van der Waals surface area contributed by atoms with E-state index in [2.05, 4.69) is 43.8 Å². The van der Waals surface area contributed by atoms with Crippen LogP contribution >= 0.6 is 43.5 Å². The van der Waals surface area contributed by atoms with Crippen LogP contribution in [0.2, 0.25) is 5.02 Å². The molecule has 2 aromatic carbocycles. The Labute approximate surface area is 152 Å². The standard InChI is InChI=1S/C17H16Br2ClNO/c1-3-7-22-17-12(8-13(18)9-14(17)19)10-21-16-6-4-5-15(20)11(16)2/h4-6,8-10H,3,7H2,1-2H3. The van der Waals surface area contributed by atoms with Crippen LogP contribution in [0.1, 0.15) is 24.5 Å². The number of hydrogen-bond acceptors (Lipinski definition) is 2. The monoisotopic (exact) mass is 443 g/mol. The van der Waals surface area contributed by atoms with Gasteiger partial charge in [0.2, 0.25) is 0 Å². The van der Waals surface area contributed by atoms with Crippen molar-refractivity contribution in [3.8, 4) is 5.75 Å². The van der Waals surface area contributed by atoms with E-state index in [0.717, 1.165) is 37.9 Å². The molecule has 0 aliphatic rings. The van der Waals surface area contributed by atoms with Gasteiger partial charge < -0.3 is 4.74 Å². The first kappa shape index (κ1) is 17.5. The zero-order valence-electron chi connectivity index (χ0n) is 12.4. The molecule has 0 spiro atoms. The third-order valence-corrected chi connectivity index (χ3v) is 4.53. The van der Waals surface area contributed by atoms with Crippen molar-refractivity contribution in [2.75, 3.05) is 6.61 Å². The summed E-state index contributed by atoms with van der Waals surface area (Å²) >= 11 is 13.2. The Hall–Kier alpha value is -0.840. The van der Waals surface area contributed by atoms with Gasteiger partial charge in [-0.3, -0.25) is 4.99 Å². The molecule has 0 radical (unpaired) electrons. The van der Waals surface area contributed by atoms with Crippen LogP contribution < -0.4 is 4.74 Å². The molecular weight excluding hydrogens is 429 g/mol. The molecule has 0 fully saturated rings. The molecule has 0 heterocycles. The minimum absolute atomic E-state index is 0.664. The van der Waals surface area contributed by atoms with E-state index in [0.29, 0.717) is 11.6 Å². The average Bonchev–Trinajstić information content (AvgIpc) is 2.47. The maximum Gasteiger partial charge on any atom is 0.142 e. The molecule has 0 amide bonds. The normalized spacial score (nSPS) is 11.1. The number of nitrogens with zero attached hydrogens (tertiary/aromatic N) is 1. The molecule has 2 aromatic rings. The van der Waals surface area contributed by atoms with Crippen LogP contribution in [0.5, 0.6) is 5.75 Å². The molecule has 0 saturated carbocycles. The van der Waals surface area contributed by atoms with Crippen molar-refractivity contribution in [3.05, 3.63) is 55.4 Å². The van der Waals surface area contributed by atoms with E-state index >= 15 is 0 Å². The van der Waals surface area contributed by atoms with Gasteiger partial charge in [-0.2, -0.15) is 0 Å². The first-order valence-corrected chi connectivity index (χ1v) is 8.90. The van der Waals surface area contributed by atoms with Crippen molar-refractivity contribution in [3.63, 3.8) is 0 Å². The van der Waals surface area contributed by atoms with E-state index in [9.17, 15) is 0 Å². The van der Waals surface area contributed by atoms with Gasteiger partial charge in [0.25, 0.3) is 0 Å². The Morgan fingerprint density at radius 1 is 1.27 bits per heavy atom. The number of rotatable bonds is 5. The minimum atomic E-state index is 0.664. The van der Waals surface area contributed by atoms with Crippen LogP contribution in [0, 0.1) is 6.92 Å². The molecule has 0 bridgehead atoms. The van der Waals surface area contributed by atoms with Gasteiger partial charge in [-0.1, -0.05) is 40.5 Å². The number of benzene rings is 2. The van der Waals surface area contributed by atoms with E-state index in [-0.39, 0.29) is 0 Å². The molecule has 0 aliphatic heterocycles. The smallest absolute Gasteiger partial charge is 0.142 e. The molecule has 0 saturated heterocycles. The van der Waals surface area contributed by atoms with Crippen molar-refractivity contribution < 1.29 is 4.74 Å². The molecule has 5 heteroatoms. The maximum atomic E-state index is 6.13. The van der Waals surface area contributed by atoms with Crippen molar-refractivity contribution >= 4 is 55.4 Å². The van der Waals surface area contributed by atoms with Gasteiger partial charge in [0.05, 0.1) is 16.8 Å². The molecule has 0 N–H and O–H groups in total. The molecular formula is C17H16Br2ClNO. The Balaban J connectivity index is 2.39. The second-order valence-corrected chi connectivity index (χ2v) is 6.97. The predicted octanol–water partition coefficient (Wildman–Crippen LogP) is 6.71. The topological polar surface area (TPSA) is 21.6 Å². The SMILES string of the molecule is CCCOc1c(Br)cc(Br)cc1C=Nc1cccc(Cl)c1C.